The molecule has 0 aliphatic carbocycles. The first kappa shape index (κ1) is 20.9. The molecule has 0 aromatic heterocycles. The second-order valence-electron chi connectivity index (χ2n) is 6.03. The van der Waals surface area contributed by atoms with Gasteiger partial charge in [0, 0.05) is 18.5 Å². The monoisotopic (exact) mass is 418 g/mol. The number of hydrogen-bond donors (Lipinski definition) is 1. The standard InChI is InChI=1S/C17H26N2O2.HI/c1-5-6-14-21-16-10-8-15(9-11-16)17(20)18-12-7-13-19(2,3)4;/h5-6,8-11H,7,12-14H2,1-4H3;1H. The van der Waals surface area contributed by atoms with Crippen molar-refractivity contribution >= 4 is 5.91 Å². The van der Waals surface area contributed by atoms with Gasteiger partial charge in [-0.25, -0.2) is 0 Å². The number of carbonyl (C=O) groups excluding carboxylic acids is 1. The van der Waals surface area contributed by atoms with Crippen LogP contribution in [0.15, 0.2) is 36.4 Å². The minimum atomic E-state index is -0.0311. The third-order valence-corrected chi connectivity index (χ3v) is 2.99. The van der Waals surface area contributed by atoms with E-state index in [0.29, 0.717) is 18.7 Å². The van der Waals surface area contributed by atoms with Crippen LogP contribution in [-0.4, -0.2) is 51.2 Å². The van der Waals surface area contributed by atoms with E-state index in [9.17, 15) is 4.79 Å². The number of halogens is 1. The summed E-state index contributed by atoms with van der Waals surface area (Å²) in [5.74, 6) is 0.742. The van der Waals surface area contributed by atoms with Gasteiger partial charge in [0.1, 0.15) is 12.4 Å². The molecule has 1 N–H and O–H groups in total. The number of allylic oxidation sites excluding steroid dienone is 1. The summed E-state index contributed by atoms with van der Waals surface area (Å²) in [5.41, 5.74) is 0.665. The summed E-state index contributed by atoms with van der Waals surface area (Å²) in [6, 6.07) is 7.23. The lowest BCUT2D eigenvalue weighted by Crippen LogP contribution is -3.00. The van der Waals surface area contributed by atoms with Crippen molar-refractivity contribution in [3.63, 3.8) is 0 Å². The minimum Gasteiger partial charge on any atom is -1.00 e. The maximum atomic E-state index is 12.0. The Kier molecular flexibility index (Phi) is 10.1. The number of nitrogens with zero attached hydrogens (tertiary/aromatic N) is 1. The molecule has 1 amide bonds. The Balaban J connectivity index is 0.00000441. The average Bonchev–Trinajstić information content (AvgIpc) is 2.43. The summed E-state index contributed by atoms with van der Waals surface area (Å²) in [6.07, 6.45) is 4.85. The molecule has 0 spiro atoms. The summed E-state index contributed by atoms with van der Waals surface area (Å²) in [4.78, 5) is 12.0. The van der Waals surface area contributed by atoms with Gasteiger partial charge in [0.2, 0.25) is 0 Å². The van der Waals surface area contributed by atoms with Crippen LogP contribution < -0.4 is 34.0 Å². The summed E-state index contributed by atoms with van der Waals surface area (Å²) < 4.78 is 6.41. The third-order valence-electron chi connectivity index (χ3n) is 2.99. The molecule has 22 heavy (non-hydrogen) atoms. The summed E-state index contributed by atoms with van der Waals surface area (Å²) >= 11 is 0. The van der Waals surface area contributed by atoms with E-state index in [-0.39, 0.29) is 29.9 Å². The van der Waals surface area contributed by atoms with Crippen molar-refractivity contribution in [2.75, 3.05) is 40.8 Å². The van der Waals surface area contributed by atoms with E-state index in [0.717, 1.165) is 23.2 Å². The molecule has 1 aromatic carbocycles. The zero-order valence-corrected chi connectivity index (χ0v) is 16.1. The van der Waals surface area contributed by atoms with Crippen molar-refractivity contribution in [3.8, 4) is 5.75 Å². The van der Waals surface area contributed by atoms with Crippen LogP contribution in [0.5, 0.6) is 5.75 Å². The van der Waals surface area contributed by atoms with E-state index in [1.165, 1.54) is 0 Å². The fraction of sp³-hybridized carbons (Fsp3) is 0.471. The highest BCUT2D eigenvalue weighted by atomic mass is 127. The highest BCUT2D eigenvalue weighted by Gasteiger charge is 2.08. The first-order valence-electron chi connectivity index (χ1n) is 7.35. The molecule has 0 radical (unpaired) electrons. The molecule has 0 atom stereocenters. The molecule has 4 nitrogen and oxygen atoms in total. The fourth-order valence-electron chi connectivity index (χ4n) is 1.80. The Bertz CT molecular complexity index is 465. The van der Waals surface area contributed by atoms with Crippen LogP contribution in [-0.2, 0) is 0 Å². The minimum absolute atomic E-state index is 0. The number of ether oxygens (including phenoxy) is 1. The van der Waals surface area contributed by atoms with Gasteiger partial charge in [0.15, 0.2) is 0 Å². The maximum Gasteiger partial charge on any atom is 0.251 e. The van der Waals surface area contributed by atoms with Gasteiger partial charge >= 0.3 is 0 Å². The smallest absolute Gasteiger partial charge is 0.251 e. The van der Waals surface area contributed by atoms with Gasteiger partial charge < -0.3 is 38.5 Å². The van der Waals surface area contributed by atoms with E-state index in [2.05, 4.69) is 26.5 Å². The lowest BCUT2D eigenvalue weighted by molar-refractivity contribution is -0.870. The van der Waals surface area contributed by atoms with Gasteiger partial charge in [-0.05, 0) is 31.2 Å². The number of benzene rings is 1. The van der Waals surface area contributed by atoms with Gasteiger partial charge in [0.25, 0.3) is 5.91 Å². The highest BCUT2D eigenvalue weighted by molar-refractivity contribution is 5.94. The molecule has 0 heterocycles. The highest BCUT2D eigenvalue weighted by Crippen LogP contribution is 2.12. The lowest BCUT2D eigenvalue weighted by atomic mass is 10.2. The second kappa shape index (κ2) is 10.6. The Morgan fingerprint density at radius 3 is 2.41 bits per heavy atom. The molecule has 0 bridgehead atoms. The average molecular weight is 418 g/mol. The molecule has 0 aliphatic heterocycles. The van der Waals surface area contributed by atoms with Crippen LogP contribution in [0, 0.1) is 0 Å². The Hall–Kier alpha value is -1.08. The number of quaternary nitrogens is 1. The van der Waals surface area contributed by atoms with Crippen LogP contribution in [0.2, 0.25) is 0 Å². The SMILES string of the molecule is CC=CCOc1ccc(C(=O)NCCC[N+](C)(C)C)cc1.[I-]. The van der Waals surface area contributed by atoms with Crippen LogP contribution in [0.25, 0.3) is 0 Å². The van der Waals surface area contributed by atoms with Crippen LogP contribution >= 0.6 is 0 Å². The normalized spacial score (nSPS) is 11.1. The van der Waals surface area contributed by atoms with Gasteiger partial charge in [0.05, 0.1) is 27.7 Å². The van der Waals surface area contributed by atoms with E-state index in [1.54, 1.807) is 12.1 Å². The molecular weight excluding hydrogens is 391 g/mol. The Morgan fingerprint density at radius 1 is 1.23 bits per heavy atom. The van der Waals surface area contributed by atoms with E-state index in [4.69, 9.17) is 4.74 Å². The first-order chi connectivity index (χ1) is 9.92. The van der Waals surface area contributed by atoms with Crippen LogP contribution in [0.1, 0.15) is 23.7 Å². The number of nitrogens with one attached hydrogen (secondary N) is 1. The van der Waals surface area contributed by atoms with Crippen LogP contribution in [0.3, 0.4) is 0 Å². The summed E-state index contributed by atoms with van der Waals surface area (Å²) in [6.45, 7) is 4.24. The molecule has 0 fully saturated rings. The van der Waals surface area contributed by atoms with Crippen LogP contribution in [0.4, 0.5) is 0 Å². The third kappa shape index (κ3) is 9.04. The molecule has 1 aromatic rings. The molecule has 0 saturated carbocycles. The van der Waals surface area contributed by atoms with Gasteiger partial charge in [-0.1, -0.05) is 12.2 Å². The topological polar surface area (TPSA) is 38.3 Å². The van der Waals surface area contributed by atoms with Crippen molar-refractivity contribution in [1.82, 2.24) is 5.32 Å². The number of rotatable bonds is 8. The molecule has 0 aliphatic rings. The fourth-order valence-corrected chi connectivity index (χ4v) is 1.80. The Morgan fingerprint density at radius 2 is 1.86 bits per heavy atom. The van der Waals surface area contributed by atoms with Gasteiger partial charge in [-0.15, -0.1) is 0 Å². The zero-order chi connectivity index (χ0) is 15.7. The number of amides is 1. The predicted octanol–water partition coefficient (Wildman–Crippen LogP) is -0.528. The molecule has 0 unspecified atom stereocenters. The van der Waals surface area contributed by atoms with E-state index in [1.807, 2.05) is 31.2 Å². The first-order valence-corrected chi connectivity index (χ1v) is 7.35. The van der Waals surface area contributed by atoms with Crippen molar-refractivity contribution in [1.29, 1.82) is 0 Å². The number of hydrogen-bond acceptors (Lipinski definition) is 2. The molecule has 124 valence electrons. The summed E-state index contributed by atoms with van der Waals surface area (Å²) in [5, 5.41) is 2.94. The molecule has 0 saturated heterocycles. The van der Waals surface area contributed by atoms with Gasteiger partial charge in [-0.2, -0.15) is 0 Å². The van der Waals surface area contributed by atoms with E-state index < -0.39 is 0 Å². The largest absolute Gasteiger partial charge is 1.00 e. The van der Waals surface area contributed by atoms with Crippen molar-refractivity contribution in [2.24, 2.45) is 0 Å². The quantitative estimate of drug-likeness (QED) is 0.267. The molecular formula is C17H27IN2O2. The molecule has 1 rings (SSSR count). The maximum absolute atomic E-state index is 12.0. The second-order valence-corrected chi connectivity index (χ2v) is 6.03. The van der Waals surface area contributed by atoms with Crippen molar-refractivity contribution in [3.05, 3.63) is 42.0 Å². The van der Waals surface area contributed by atoms with Crippen molar-refractivity contribution in [2.45, 2.75) is 13.3 Å². The van der Waals surface area contributed by atoms with Crippen molar-refractivity contribution < 1.29 is 38.0 Å². The Labute approximate surface area is 151 Å². The van der Waals surface area contributed by atoms with Gasteiger partial charge in [-0.3, -0.25) is 4.79 Å². The molecule has 5 heteroatoms. The zero-order valence-electron chi connectivity index (χ0n) is 13.9. The lowest BCUT2D eigenvalue weighted by Gasteiger charge is -2.23. The number of carbonyl (C=O) groups is 1. The van der Waals surface area contributed by atoms with E-state index >= 15 is 0 Å². The predicted molar refractivity (Wildman–Crippen MR) is 86.6 cm³/mol. The summed E-state index contributed by atoms with van der Waals surface area (Å²) in [7, 11) is 6.44.